The Morgan fingerprint density at radius 3 is 2.04 bits per heavy atom. The van der Waals surface area contributed by atoms with Crippen molar-refractivity contribution in [2.45, 2.75) is 67.2 Å². The van der Waals surface area contributed by atoms with Crippen LogP contribution in [-0.4, -0.2) is 36.8 Å². The average molecular weight is 358 g/mol. The van der Waals surface area contributed by atoms with Crippen molar-refractivity contribution in [1.82, 2.24) is 4.90 Å². The number of para-hydroxylation sites is 1. The van der Waals surface area contributed by atoms with Crippen molar-refractivity contribution in [3.8, 4) is 0 Å². The van der Waals surface area contributed by atoms with Crippen LogP contribution in [-0.2, 0) is 0 Å². The molecule has 3 heteroatoms. The molecular weight excluding hydrogens is 318 g/mol. The van der Waals surface area contributed by atoms with Gasteiger partial charge in [0.25, 0.3) is 0 Å². The van der Waals surface area contributed by atoms with Gasteiger partial charge in [-0.1, -0.05) is 59.7 Å². The zero-order chi connectivity index (χ0) is 19.7. The summed E-state index contributed by atoms with van der Waals surface area (Å²) in [6.07, 6.45) is 2.16. The Labute approximate surface area is 161 Å². The van der Waals surface area contributed by atoms with Crippen molar-refractivity contribution in [2.24, 2.45) is 4.99 Å². The molecule has 0 saturated carbocycles. The van der Waals surface area contributed by atoms with Gasteiger partial charge >= 0.3 is 0 Å². The molecule has 0 bridgehead atoms. The van der Waals surface area contributed by atoms with Gasteiger partial charge in [-0.2, -0.15) is 0 Å². The minimum absolute atomic E-state index is 0.493. The van der Waals surface area contributed by atoms with Gasteiger partial charge in [0.1, 0.15) is 0 Å². The van der Waals surface area contributed by atoms with Crippen LogP contribution in [0.15, 0.2) is 35.0 Å². The van der Waals surface area contributed by atoms with Gasteiger partial charge in [0.15, 0.2) is 0 Å². The van der Waals surface area contributed by atoms with Crippen molar-refractivity contribution in [1.29, 1.82) is 0 Å². The number of likely N-dealkylation sites (N-methyl/N-ethyl adjacent to an activating group) is 1. The number of hydrogen-bond donors (Lipinski definition) is 1. The lowest BCUT2D eigenvalue weighted by Gasteiger charge is -2.21. The van der Waals surface area contributed by atoms with Gasteiger partial charge in [-0.3, -0.25) is 4.99 Å². The van der Waals surface area contributed by atoms with E-state index in [9.17, 15) is 0 Å². The summed E-state index contributed by atoms with van der Waals surface area (Å²) in [4.78, 5) is 7.12. The molecule has 0 heterocycles. The third kappa shape index (κ3) is 6.95. The van der Waals surface area contributed by atoms with E-state index in [1.807, 2.05) is 0 Å². The number of rotatable bonds is 10. The normalized spacial score (nSPS) is 13.2. The summed E-state index contributed by atoms with van der Waals surface area (Å²) >= 11 is 0. The lowest BCUT2D eigenvalue weighted by atomic mass is 9.92. The molecule has 1 aromatic rings. The number of anilines is 1. The number of allylic oxidation sites excluding steroid dienone is 2. The van der Waals surface area contributed by atoms with Crippen molar-refractivity contribution in [2.75, 3.05) is 31.5 Å². The van der Waals surface area contributed by atoms with Gasteiger partial charge < -0.3 is 10.2 Å². The molecule has 0 unspecified atom stereocenters. The number of nitrogens with zero attached hydrogens (tertiary/aromatic N) is 2. The Bertz CT molecular complexity index is 582. The molecule has 0 amide bonds. The van der Waals surface area contributed by atoms with Crippen molar-refractivity contribution in [3.63, 3.8) is 0 Å². The summed E-state index contributed by atoms with van der Waals surface area (Å²) in [5, 5.41) is 3.66. The van der Waals surface area contributed by atoms with Gasteiger partial charge in [-0.05, 0) is 56.0 Å². The SMILES string of the molecule is CCN(CC)CCN=C(C)/C=C(/C)Nc1c(C(C)C)cccc1C(C)C. The molecule has 0 aromatic heterocycles. The van der Waals surface area contributed by atoms with E-state index in [4.69, 9.17) is 4.99 Å². The molecule has 0 aliphatic heterocycles. The first kappa shape index (κ1) is 22.4. The van der Waals surface area contributed by atoms with Crippen molar-refractivity contribution < 1.29 is 0 Å². The third-order valence-corrected chi connectivity index (χ3v) is 4.79. The van der Waals surface area contributed by atoms with Gasteiger partial charge in [-0.15, -0.1) is 0 Å². The highest BCUT2D eigenvalue weighted by Gasteiger charge is 2.13. The fraction of sp³-hybridized carbons (Fsp3) is 0.609. The summed E-state index contributed by atoms with van der Waals surface area (Å²) in [5.74, 6) is 0.987. The molecule has 0 atom stereocenters. The van der Waals surface area contributed by atoms with E-state index in [2.05, 4.69) is 89.9 Å². The number of hydrogen-bond acceptors (Lipinski definition) is 3. The fourth-order valence-electron chi connectivity index (χ4n) is 3.20. The Kier molecular flexibility index (Phi) is 9.64. The molecule has 0 fully saturated rings. The molecule has 1 aromatic carbocycles. The van der Waals surface area contributed by atoms with Gasteiger partial charge in [0.2, 0.25) is 0 Å². The predicted octanol–water partition coefficient (Wildman–Crippen LogP) is 6.05. The maximum atomic E-state index is 4.72. The highest BCUT2D eigenvalue weighted by molar-refractivity contribution is 5.93. The second-order valence-corrected chi connectivity index (χ2v) is 7.62. The van der Waals surface area contributed by atoms with E-state index in [1.165, 1.54) is 16.8 Å². The highest BCUT2D eigenvalue weighted by atomic mass is 15.1. The van der Waals surface area contributed by atoms with Crippen LogP contribution in [0.3, 0.4) is 0 Å². The summed E-state index contributed by atoms with van der Waals surface area (Å²) in [6.45, 7) is 21.7. The van der Waals surface area contributed by atoms with Gasteiger partial charge in [0.05, 0.1) is 6.54 Å². The molecule has 1 rings (SSSR count). The van der Waals surface area contributed by atoms with Crippen LogP contribution < -0.4 is 5.32 Å². The average Bonchev–Trinajstić information content (AvgIpc) is 2.58. The van der Waals surface area contributed by atoms with Crippen molar-refractivity contribution in [3.05, 3.63) is 41.1 Å². The first-order valence-electron chi connectivity index (χ1n) is 10.1. The van der Waals surface area contributed by atoms with E-state index in [1.54, 1.807) is 0 Å². The highest BCUT2D eigenvalue weighted by Crippen LogP contribution is 2.33. The zero-order valence-electron chi connectivity index (χ0n) is 18.2. The number of benzene rings is 1. The smallest absolute Gasteiger partial charge is 0.0519 e. The Morgan fingerprint density at radius 1 is 1.04 bits per heavy atom. The largest absolute Gasteiger partial charge is 0.359 e. The van der Waals surface area contributed by atoms with E-state index in [0.717, 1.165) is 37.6 Å². The fourth-order valence-corrected chi connectivity index (χ4v) is 3.20. The quantitative estimate of drug-likeness (QED) is 0.516. The lowest BCUT2D eigenvalue weighted by Crippen LogP contribution is -2.25. The minimum atomic E-state index is 0.493. The number of aliphatic imine (C=N–C) groups is 1. The molecule has 3 nitrogen and oxygen atoms in total. The molecule has 0 saturated heterocycles. The minimum Gasteiger partial charge on any atom is -0.359 e. The molecular formula is C23H39N3. The van der Waals surface area contributed by atoms with Crippen LogP contribution in [0.4, 0.5) is 5.69 Å². The molecule has 26 heavy (non-hydrogen) atoms. The molecule has 1 N–H and O–H groups in total. The standard InChI is InChI=1S/C23H39N3/c1-9-26(10-2)15-14-24-19(7)16-20(8)25-23-21(17(3)4)12-11-13-22(23)18(5)6/h11-13,16-18,25H,9-10,14-15H2,1-8H3/b20-16-,24-19?. The van der Waals surface area contributed by atoms with Gasteiger partial charge in [-0.25, -0.2) is 0 Å². The Balaban J connectivity index is 2.92. The second-order valence-electron chi connectivity index (χ2n) is 7.62. The first-order chi connectivity index (χ1) is 12.3. The van der Waals surface area contributed by atoms with Crippen LogP contribution in [0.25, 0.3) is 0 Å². The topological polar surface area (TPSA) is 27.6 Å². The number of nitrogens with one attached hydrogen (secondary N) is 1. The van der Waals surface area contributed by atoms with Crippen LogP contribution in [0, 0.1) is 0 Å². The van der Waals surface area contributed by atoms with Crippen molar-refractivity contribution >= 4 is 11.4 Å². The zero-order valence-corrected chi connectivity index (χ0v) is 18.2. The molecule has 0 aliphatic carbocycles. The van der Waals surface area contributed by atoms with Crippen LogP contribution in [0.5, 0.6) is 0 Å². The van der Waals surface area contributed by atoms with Crippen LogP contribution >= 0.6 is 0 Å². The van der Waals surface area contributed by atoms with E-state index < -0.39 is 0 Å². The monoisotopic (exact) mass is 357 g/mol. The maximum absolute atomic E-state index is 4.72. The van der Waals surface area contributed by atoms with E-state index in [0.29, 0.717) is 11.8 Å². The third-order valence-electron chi connectivity index (χ3n) is 4.79. The predicted molar refractivity (Wildman–Crippen MR) is 118 cm³/mol. The summed E-state index contributed by atoms with van der Waals surface area (Å²) in [6, 6.07) is 6.64. The second kappa shape index (κ2) is 11.2. The van der Waals surface area contributed by atoms with Crippen LogP contribution in [0.2, 0.25) is 0 Å². The summed E-state index contributed by atoms with van der Waals surface area (Å²) in [5.41, 5.74) is 6.24. The maximum Gasteiger partial charge on any atom is 0.0519 e. The first-order valence-corrected chi connectivity index (χ1v) is 10.1. The Morgan fingerprint density at radius 2 is 1.58 bits per heavy atom. The molecule has 0 spiro atoms. The summed E-state index contributed by atoms with van der Waals surface area (Å²) < 4.78 is 0. The lowest BCUT2D eigenvalue weighted by molar-refractivity contribution is 0.313. The summed E-state index contributed by atoms with van der Waals surface area (Å²) in [7, 11) is 0. The van der Waals surface area contributed by atoms with Gasteiger partial charge in [0, 0.05) is 23.6 Å². The van der Waals surface area contributed by atoms with Crippen LogP contribution in [0.1, 0.15) is 78.4 Å². The Hall–Kier alpha value is -1.61. The van der Waals surface area contributed by atoms with E-state index in [-0.39, 0.29) is 0 Å². The molecule has 0 aliphatic rings. The molecule has 146 valence electrons. The molecule has 0 radical (unpaired) electrons. The van der Waals surface area contributed by atoms with E-state index >= 15 is 0 Å².